The summed E-state index contributed by atoms with van der Waals surface area (Å²) in [7, 11) is 1.86. The normalized spacial score (nSPS) is 14.3. The molecule has 0 amide bonds. The molecule has 0 bridgehead atoms. The third-order valence-electron chi connectivity index (χ3n) is 4.59. The summed E-state index contributed by atoms with van der Waals surface area (Å²) in [5.74, 6) is 2.21. The Bertz CT molecular complexity index is 972. The van der Waals surface area contributed by atoms with Crippen molar-refractivity contribution in [3.8, 4) is 17.5 Å². The summed E-state index contributed by atoms with van der Waals surface area (Å²) in [6, 6.07) is 9.64. The van der Waals surface area contributed by atoms with Gasteiger partial charge in [0.2, 0.25) is 0 Å². The summed E-state index contributed by atoms with van der Waals surface area (Å²) in [6.07, 6.45) is 5.06. The van der Waals surface area contributed by atoms with Crippen LogP contribution in [-0.2, 0) is 5.41 Å². The van der Waals surface area contributed by atoms with Gasteiger partial charge in [0, 0.05) is 24.2 Å². The molecule has 0 radical (unpaired) electrons. The number of aromatic nitrogens is 3. The molecule has 0 spiro atoms. The first-order chi connectivity index (χ1) is 13.0. The number of benzene rings is 1. The van der Waals surface area contributed by atoms with Gasteiger partial charge in [-0.05, 0) is 24.3 Å². The zero-order valence-electron chi connectivity index (χ0n) is 15.5. The van der Waals surface area contributed by atoms with Gasteiger partial charge in [-0.15, -0.1) is 0 Å². The maximum absolute atomic E-state index is 5.99. The number of nitrogen functional groups attached to an aromatic ring is 1. The molecule has 7 heteroatoms. The fourth-order valence-corrected chi connectivity index (χ4v) is 3.16. The van der Waals surface area contributed by atoms with E-state index in [0.717, 1.165) is 17.0 Å². The number of rotatable bonds is 4. The lowest BCUT2D eigenvalue weighted by Gasteiger charge is -2.20. The number of pyridine rings is 1. The SMILES string of the molecule is CN(c1cnc(Oc2cccc3c2C(C)(C)CO3)nc1)c1ncccc1N. The van der Waals surface area contributed by atoms with Gasteiger partial charge >= 0.3 is 6.01 Å². The van der Waals surface area contributed by atoms with Gasteiger partial charge in [0.1, 0.15) is 11.5 Å². The second kappa shape index (κ2) is 6.42. The highest BCUT2D eigenvalue weighted by Crippen LogP contribution is 2.45. The third-order valence-corrected chi connectivity index (χ3v) is 4.59. The molecule has 1 aliphatic rings. The minimum Gasteiger partial charge on any atom is -0.492 e. The Morgan fingerprint density at radius 3 is 2.63 bits per heavy atom. The maximum Gasteiger partial charge on any atom is 0.322 e. The lowest BCUT2D eigenvalue weighted by Crippen LogP contribution is -2.19. The van der Waals surface area contributed by atoms with E-state index in [1.54, 1.807) is 30.7 Å². The summed E-state index contributed by atoms with van der Waals surface area (Å²) in [5, 5.41) is 0. The van der Waals surface area contributed by atoms with Gasteiger partial charge < -0.3 is 20.1 Å². The van der Waals surface area contributed by atoms with E-state index in [1.807, 2.05) is 30.1 Å². The summed E-state index contributed by atoms with van der Waals surface area (Å²) in [5.41, 5.74) is 8.25. The van der Waals surface area contributed by atoms with Gasteiger partial charge in [-0.25, -0.2) is 15.0 Å². The van der Waals surface area contributed by atoms with E-state index in [-0.39, 0.29) is 11.4 Å². The van der Waals surface area contributed by atoms with Crippen LogP contribution in [0.15, 0.2) is 48.9 Å². The molecule has 0 saturated carbocycles. The third kappa shape index (κ3) is 3.12. The Hall–Kier alpha value is -3.35. The zero-order valence-corrected chi connectivity index (χ0v) is 15.5. The topological polar surface area (TPSA) is 86.4 Å². The zero-order chi connectivity index (χ0) is 19.0. The number of fused-ring (bicyclic) bond motifs is 1. The van der Waals surface area contributed by atoms with Gasteiger partial charge in [0.25, 0.3) is 0 Å². The van der Waals surface area contributed by atoms with Crippen LogP contribution in [0, 0.1) is 0 Å². The van der Waals surface area contributed by atoms with Gasteiger partial charge in [-0.2, -0.15) is 0 Å². The Morgan fingerprint density at radius 1 is 1.11 bits per heavy atom. The second-order valence-electron chi connectivity index (χ2n) is 7.10. The highest BCUT2D eigenvalue weighted by atomic mass is 16.5. The molecule has 0 unspecified atom stereocenters. The van der Waals surface area contributed by atoms with Crippen LogP contribution in [0.2, 0.25) is 0 Å². The molecule has 0 atom stereocenters. The van der Waals surface area contributed by atoms with Crippen LogP contribution in [0.25, 0.3) is 0 Å². The Labute approximate surface area is 157 Å². The molecular weight excluding hydrogens is 342 g/mol. The molecule has 7 nitrogen and oxygen atoms in total. The minimum absolute atomic E-state index is 0.122. The molecule has 2 N–H and O–H groups in total. The van der Waals surface area contributed by atoms with Crippen LogP contribution in [0.3, 0.4) is 0 Å². The van der Waals surface area contributed by atoms with Crippen LogP contribution < -0.4 is 20.1 Å². The van der Waals surface area contributed by atoms with Crippen molar-refractivity contribution in [1.29, 1.82) is 0 Å². The molecule has 27 heavy (non-hydrogen) atoms. The molecule has 1 aromatic carbocycles. The Balaban J connectivity index is 1.58. The first-order valence-corrected chi connectivity index (χ1v) is 8.66. The second-order valence-corrected chi connectivity index (χ2v) is 7.10. The van der Waals surface area contributed by atoms with E-state index in [1.165, 1.54) is 0 Å². The molecule has 3 heterocycles. The standard InChI is InChI=1S/C20H21N5O2/c1-20(2)12-26-15-7-4-8-16(17(15)20)27-19-23-10-13(11-24-19)25(3)18-14(21)6-5-9-22-18/h4-11H,12,21H2,1-3H3. The molecule has 0 saturated heterocycles. The minimum atomic E-state index is -0.122. The van der Waals surface area contributed by atoms with E-state index in [4.69, 9.17) is 15.2 Å². The number of anilines is 3. The fourth-order valence-electron chi connectivity index (χ4n) is 3.16. The largest absolute Gasteiger partial charge is 0.492 e. The lowest BCUT2D eigenvalue weighted by molar-refractivity contribution is 0.290. The van der Waals surface area contributed by atoms with Crippen LogP contribution in [0.4, 0.5) is 17.2 Å². The van der Waals surface area contributed by atoms with Crippen molar-refractivity contribution < 1.29 is 9.47 Å². The number of nitrogens with two attached hydrogens (primary N) is 1. The van der Waals surface area contributed by atoms with Crippen molar-refractivity contribution in [3.63, 3.8) is 0 Å². The summed E-state index contributed by atoms with van der Waals surface area (Å²) in [6.45, 7) is 4.88. The monoisotopic (exact) mass is 363 g/mol. The van der Waals surface area contributed by atoms with Crippen LogP contribution >= 0.6 is 0 Å². The van der Waals surface area contributed by atoms with Gasteiger partial charge in [0.05, 0.1) is 30.4 Å². The van der Waals surface area contributed by atoms with E-state index in [9.17, 15) is 0 Å². The molecule has 0 aliphatic carbocycles. The van der Waals surface area contributed by atoms with Gasteiger partial charge in [-0.1, -0.05) is 19.9 Å². The van der Waals surface area contributed by atoms with Gasteiger partial charge in [-0.3, -0.25) is 0 Å². The van der Waals surface area contributed by atoms with E-state index < -0.39 is 0 Å². The van der Waals surface area contributed by atoms with Crippen LogP contribution in [0.1, 0.15) is 19.4 Å². The number of hydrogen-bond acceptors (Lipinski definition) is 7. The van der Waals surface area contributed by atoms with Crippen molar-refractivity contribution in [3.05, 3.63) is 54.5 Å². The maximum atomic E-state index is 5.99. The fraction of sp³-hybridized carbons (Fsp3) is 0.250. The molecule has 3 aromatic rings. The molecular formula is C20H21N5O2. The smallest absolute Gasteiger partial charge is 0.322 e. The van der Waals surface area contributed by atoms with Crippen molar-refractivity contribution in [1.82, 2.24) is 15.0 Å². The first kappa shape index (κ1) is 17.1. The van der Waals surface area contributed by atoms with E-state index >= 15 is 0 Å². The highest BCUT2D eigenvalue weighted by molar-refractivity contribution is 5.69. The van der Waals surface area contributed by atoms with Crippen molar-refractivity contribution in [2.24, 2.45) is 0 Å². The highest BCUT2D eigenvalue weighted by Gasteiger charge is 2.35. The van der Waals surface area contributed by atoms with Gasteiger partial charge in [0.15, 0.2) is 5.82 Å². The molecule has 2 aromatic heterocycles. The number of nitrogens with zero attached hydrogens (tertiary/aromatic N) is 4. The number of hydrogen-bond donors (Lipinski definition) is 1. The first-order valence-electron chi connectivity index (χ1n) is 8.66. The summed E-state index contributed by atoms with van der Waals surface area (Å²) in [4.78, 5) is 14.8. The van der Waals surface area contributed by atoms with Crippen LogP contribution in [-0.4, -0.2) is 28.6 Å². The molecule has 138 valence electrons. The van der Waals surface area contributed by atoms with Crippen LogP contribution in [0.5, 0.6) is 17.5 Å². The van der Waals surface area contributed by atoms with Crippen molar-refractivity contribution in [2.45, 2.75) is 19.3 Å². The Morgan fingerprint density at radius 2 is 1.89 bits per heavy atom. The summed E-state index contributed by atoms with van der Waals surface area (Å²) < 4.78 is 11.7. The molecule has 0 fully saturated rings. The average molecular weight is 363 g/mol. The van der Waals surface area contributed by atoms with E-state index in [0.29, 0.717) is 23.9 Å². The summed E-state index contributed by atoms with van der Waals surface area (Å²) >= 11 is 0. The molecule has 1 aliphatic heterocycles. The average Bonchev–Trinajstić information content (AvgIpc) is 2.98. The van der Waals surface area contributed by atoms with Crippen molar-refractivity contribution >= 4 is 17.2 Å². The predicted molar refractivity (Wildman–Crippen MR) is 104 cm³/mol. The predicted octanol–water partition coefficient (Wildman–Crippen LogP) is 3.68. The number of ether oxygens (including phenoxy) is 2. The molecule has 4 rings (SSSR count). The Kier molecular flexibility index (Phi) is 4.07. The van der Waals surface area contributed by atoms with E-state index in [2.05, 4.69) is 28.8 Å². The quantitative estimate of drug-likeness (QED) is 0.756. The lowest BCUT2D eigenvalue weighted by atomic mass is 9.86. The van der Waals surface area contributed by atoms with Crippen molar-refractivity contribution in [2.75, 3.05) is 24.3 Å².